The van der Waals surface area contributed by atoms with Crippen molar-refractivity contribution in [3.8, 4) is 22.1 Å². The highest BCUT2D eigenvalue weighted by Crippen LogP contribution is 2.43. The lowest BCUT2D eigenvalue weighted by Gasteiger charge is -2.26. The summed E-state index contributed by atoms with van der Waals surface area (Å²) in [5, 5.41) is 14.2. The van der Waals surface area contributed by atoms with Gasteiger partial charge in [0.15, 0.2) is 17.2 Å². The molecule has 0 radical (unpaired) electrons. The van der Waals surface area contributed by atoms with E-state index in [-0.39, 0.29) is 15.8 Å². The predicted octanol–water partition coefficient (Wildman–Crippen LogP) is 4.91. The van der Waals surface area contributed by atoms with Gasteiger partial charge in [0, 0.05) is 12.4 Å². The quantitative estimate of drug-likeness (QED) is 0.348. The number of fused-ring (bicyclic) bond motifs is 2. The van der Waals surface area contributed by atoms with Gasteiger partial charge in [0.25, 0.3) is 15.9 Å². The number of para-hydroxylation sites is 1. The molecule has 0 unspecified atom stereocenters. The highest BCUT2D eigenvalue weighted by atomic mass is 32.2. The van der Waals surface area contributed by atoms with Crippen LogP contribution in [0.4, 0.5) is 6.01 Å². The zero-order valence-corrected chi connectivity index (χ0v) is 19.5. The summed E-state index contributed by atoms with van der Waals surface area (Å²) >= 11 is 0.997. The first-order valence-corrected chi connectivity index (χ1v) is 12.4. The van der Waals surface area contributed by atoms with Gasteiger partial charge in [0.2, 0.25) is 0 Å². The van der Waals surface area contributed by atoms with E-state index in [4.69, 9.17) is 13.3 Å². The molecule has 4 aromatic heterocycles. The number of aliphatic hydroxyl groups excluding tert-OH is 1. The Hall–Kier alpha value is -4.29. The van der Waals surface area contributed by atoms with Gasteiger partial charge in [-0.15, -0.1) is 11.3 Å². The van der Waals surface area contributed by atoms with Crippen molar-refractivity contribution < 1.29 is 31.6 Å². The first-order valence-electron chi connectivity index (χ1n) is 10.2. The van der Waals surface area contributed by atoms with Gasteiger partial charge in [-0.2, -0.15) is 4.98 Å². The predicted molar refractivity (Wildman–Crippen MR) is 127 cm³/mol. The molecule has 0 atom stereocenters. The van der Waals surface area contributed by atoms with Crippen molar-refractivity contribution in [2.45, 2.75) is 4.90 Å². The molecule has 5 heterocycles. The zero-order chi connectivity index (χ0) is 24.3. The molecular formula is C23H15N3O7S2. The van der Waals surface area contributed by atoms with Gasteiger partial charge in [-0.05, 0) is 30.3 Å². The normalized spacial score (nSPS) is 14.9. The fourth-order valence-electron chi connectivity index (χ4n) is 3.75. The molecule has 0 aliphatic carbocycles. The SMILES string of the molecule is CN1C(C(=O)Nc2nc(-c3cc4ccccc4o3)co2)=C(O)c2sc(-c3ccco3)cc2S1(=O)=O. The van der Waals surface area contributed by atoms with E-state index in [0.717, 1.165) is 21.0 Å². The average Bonchev–Trinajstić information content (AvgIpc) is 3.63. The molecule has 0 fully saturated rings. The van der Waals surface area contributed by atoms with Crippen LogP contribution in [0.25, 0.3) is 38.8 Å². The third-order valence-electron chi connectivity index (χ3n) is 5.47. The number of hydrogen-bond donors (Lipinski definition) is 2. The van der Waals surface area contributed by atoms with E-state index in [0.29, 0.717) is 27.7 Å². The van der Waals surface area contributed by atoms with Gasteiger partial charge >= 0.3 is 6.01 Å². The molecule has 12 heteroatoms. The Morgan fingerprint density at radius 3 is 2.71 bits per heavy atom. The molecule has 1 aliphatic heterocycles. The number of oxazole rings is 1. The molecule has 10 nitrogen and oxygen atoms in total. The molecule has 0 spiro atoms. The first-order chi connectivity index (χ1) is 16.8. The number of likely N-dealkylation sites (N-methyl/N-ethyl adjacent to an activating group) is 1. The Bertz CT molecular complexity index is 1710. The van der Waals surface area contributed by atoms with E-state index < -0.39 is 27.4 Å². The monoisotopic (exact) mass is 509 g/mol. The lowest BCUT2D eigenvalue weighted by Crippen LogP contribution is -2.36. The number of rotatable bonds is 4. The average molecular weight is 510 g/mol. The number of hydrogen-bond acceptors (Lipinski definition) is 9. The molecule has 0 bridgehead atoms. The molecule has 35 heavy (non-hydrogen) atoms. The van der Waals surface area contributed by atoms with Crippen molar-refractivity contribution in [1.29, 1.82) is 0 Å². The van der Waals surface area contributed by atoms with E-state index in [1.54, 1.807) is 18.2 Å². The van der Waals surface area contributed by atoms with E-state index in [1.807, 2.05) is 24.3 Å². The fourth-order valence-corrected chi connectivity index (χ4v) is 6.54. The number of nitrogens with zero attached hydrogens (tertiary/aromatic N) is 2. The van der Waals surface area contributed by atoms with Crippen molar-refractivity contribution in [1.82, 2.24) is 9.29 Å². The molecule has 0 saturated carbocycles. The van der Waals surface area contributed by atoms with Crippen LogP contribution in [0.1, 0.15) is 4.88 Å². The fraction of sp³-hybridized carbons (Fsp3) is 0.0435. The number of furan rings is 2. The van der Waals surface area contributed by atoms with E-state index >= 15 is 0 Å². The number of anilines is 1. The molecule has 5 aromatic rings. The van der Waals surface area contributed by atoms with Gasteiger partial charge in [-0.3, -0.25) is 14.4 Å². The summed E-state index contributed by atoms with van der Waals surface area (Å²) in [4.78, 5) is 17.7. The van der Waals surface area contributed by atoms with Crippen LogP contribution in [-0.4, -0.2) is 35.8 Å². The molecule has 1 amide bonds. The second kappa shape index (κ2) is 7.61. The second-order valence-electron chi connectivity index (χ2n) is 7.59. The van der Waals surface area contributed by atoms with Crippen LogP contribution in [0.15, 0.2) is 84.9 Å². The van der Waals surface area contributed by atoms with Crippen molar-refractivity contribution >= 4 is 50.0 Å². The van der Waals surface area contributed by atoms with Crippen molar-refractivity contribution in [2.24, 2.45) is 0 Å². The highest BCUT2D eigenvalue weighted by Gasteiger charge is 2.40. The van der Waals surface area contributed by atoms with Crippen LogP contribution >= 0.6 is 11.3 Å². The molecule has 176 valence electrons. The van der Waals surface area contributed by atoms with Crippen molar-refractivity contribution in [2.75, 3.05) is 12.4 Å². The molecular weight excluding hydrogens is 494 g/mol. The number of nitrogens with one attached hydrogen (secondary N) is 1. The van der Waals surface area contributed by atoms with Gasteiger partial charge in [-0.25, -0.2) is 8.42 Å². The summed E-state index contributed by atoms with van der Waals surface area (Å²) in [6.45, 7) is 0. The lowest BCUT2D eigenvalue weighted by molar-refractivity contribution is -0.113. The zero-order valence-electron chi connectivity index (χ0n) is 17.9. The number of carbonyl (C=O) groups is 1. The van der Waals surface area contributed by atoms with Crippen molar-refractivity contribution in [3.63, 3.8) is 0 Å². The highest BCUT2D eigenvalue weighted by molar-refractivity contribution is 7.89. The lowest BCUT2D eigenvalue weighted by atomic mass is 10.2. The Morgan fingerprint density at radius 1 is 1.11 bits per heavy atom. The summed E-state index contributed by atoms with van der Waals surface area (Å²) in [6, 6.07) is 13.8. The molecule has 0 saturated heterocycles. The Labute approximate surface area is 201 Å². The van der Waals surface area contributed by atoms with E-state index in [2.05, 4.69) is 10.3 Å². The molecule has 1 aliphatic rings. The number of benzene rings is 1. The van der Waals surface area contributed by atoms with E-state index in [1.165, 1.54) is 25.6 Å². The largest absolute Gasteiger partial charge is 0.504 e. The summed E-state index contributed by atoms with van der Waals surface area (Å²) in [7, 11) is -2.92. The van der Waals surface area contributed by atoms with Crippen LogP contribution in [0.3, 0.4) is 0 Å². The van der Waals surface area contributed by atoms with Crippen LogP contribution in [0.2, 0.25) is 0 Å². The minimum Gasteiger partial charge on any atom is -0.504 e. The molecule has 1 aromatic carbocycles. The summed E-state index contributed by atoms with van der Waals surface area (Å²) in [5.41, 5.74) is 0.539. The second-order valence-corrected chi connectivity index (χ2v) is 10.6. The van der Waals surface area contributed by atoms with Gasteiger partial charge < -0.3 is 18.4 Å². The first kappa shape index (κ1) is 21.3. The maximum atomic E-state index is 13.1. The minimum atomic E-state index is -4.11. The van der Waals surface area contributed by atoms with Crippen LogP contribution in [-0.2, 0) is 14.8 Å². The van der Waals surface area contributed by atoms with Crippen LogP contribution in [0.5, 0.6) is 0 Å². The third-order valence-corrected chi connectivity index (χ3v) is 8.54. The Balaban J connectivity index is 1.33. The smallest absolute Gasteiger partial charge is 0.302 e. The van der Waals surface area contributed by atoms with Crippen LogP contribution < -0.4 is 5.32 Å². The number of carbonyl (C=O) groups excluding carboxylic acids is 1. The Morgan fingerprint density at radius 2 is 1.94 bits per heavy atom. The van der Waals surface area contributed by atoms with Crippen LogP contribution in [0, 0.1) is 0 Å². The summed E-state index contributed by atoms with van der Waals surface area (Å²) < 4.78 is 43.3. The van der Waals surface area contributed by atoms with Gasteiger partial charge in [-0.1, -0.05) is 18.2 Å². The van der Waals surface area contributed by atoms with Gasteiger partial charge in [0.1, 0.15) is 28.2 Å². The molecule has 2 N–H and O–H groups in total. The molecule has 6 rings (SSSR count). The number of aliphatic hydroxyl groups is 1. The standard InChI is InChI=1S/C23H15N3O7S2/c1-26-19(20(27)21-18(35(26,29)30)10-17(34-21)15-7-4-8-31-15)22(28)25-23-24-13(11-32-23)16-9-12-5-2-3-6-14(12)33-16/h2-11,27H,1H3,(H,24,25,28). The Kier molecular flexibility index (Phi) is 4.62. The maximum absolute atomic E-state index is 13.1. The topological polar surface area (TPSA) is 139 Å². The summed E-state index contributed by atoms with van der Waals surface area (Å²) in [6.07, 6.45) is 2.76. The van der Waals surface area contributed by atoms with E-state index in [9.17, 15) is 18.3 Å². The number of thiophene rings is 1. The van der Waals surface area contributed by atoms with Gasteiger partial charge in [0.05, 0.1) is 16.0 Å². The number of amides is 1. The number of aromatic nitrogens is 1. The maximum Gasteiger partial charge on any atom is 0.302 e. The third kappa shape index (κ3) is 3.33. The minimum absolute atomic E-state index is 0.0371. The number of sulfonamides is 1. The summed E-state index contributed by atoms with van der Waals surface area (Å²) in [5.74, 6) is -0.519. The van der Waals surface area contributed by atoms with Crippen molar-refractivity contribution in [3.05, 3.63) is 71.6 Å².